The number of benzene rings is 1. The minimum Gasteiger partial charge on any atom is -0.348 e. The minimum atomic E-state index is -0.204. The van der Waals surface area contributed by atoms with Crippen LogP contribution in [0.5, 0.6) is 0 Å². The normalized spacial score (nSPS) is 10.4. The van der Waals surface area contributed by atoms with Crippen LogP contribution in [-0.2, 0) is 6.54 Å². The highest BCUT2D eigenvalue weighted by Gasteiger charge is 2.08. The Balaban J connectivity index is 2.05. The summed E-state index contributed by atoms with van der Waals surface area (Å²) < 4.78 is 14.2. The van der Waals surface area contributed by atoms with Gasteiger partial charge in [0.1, 0.15) is 10.4 Å². The SMILES string of the molecule is Cc1cc(CNC(=O)c2ccc(Br)nc2)cc(C)c1F. The highest BCUT2D eigenvalue weighted by Crippen LogP contribution is 2.14. The van der Waals surface area contributed by atoms with Crippen molar-refractivity contribution in [3.05, 3.63) is 63.1 Å². The maximum Gasteiger partial charge on any atom is 0.253 e. The molecule has 1 N–H and O–H groups in total. The average molecular weight is 337 g/mol. The van der Waals surface area contributed by atoms with E-state index in [-0.39, 0.29) is 11.7 Å². The molecule has 3 nitrogen and oxygen atoms in total. The topological polar surface area (TPSA) is 42.0 Å². The summed E-state index contributed by atoms with van der Waals surface area (Å²) in [6, 6.07) is 6.87. The third kappa shape index (κ3) is 3.42. The molecule has 0 fully saturated rings. The monoisotopic (exact) mass is 336 g/mol. The number of halogens is 2. The molecular weight excluding hydrogens is 323 g/mol. The van der Waals surface area contributed by atoms with Crippen molar-refractivity contribution in [1.82, 2.24) is 10.3 Å². The van der Waals surface area contributed by atoms with Crippen LogP contribution >= 0.6 is 15.9 Å². The number of nitrogens with zero attached hydrogens (tertiary/aromatic N) is 1. The van der Waals surface area contributed by atoms with E-state index in [4.69, 9.17) is 0 Å². The number of aromatic nitrogens is 1. The Morgan fingerprint density at radius 3 is 2.50 bits per heavy atom. The summed E-state index contributed by atoms with van der Waals surface area (Å²) in [4.78, 5) is 15.9. The molecule has 2 rings (SSSR count). The van der Waals surface area contributed by atoms with E-state index in [0.29, 0.717) is 27.8 Å². The minimum absolute atomic E-state index is 0.197. The first kappa shape index (κ1) is 14.7. The largest absolute Gasteiger partial charge is 0.348 e. The number of nitrogens with one attached hydrogen (secondary N) is 1. The van der Waals surface area contributed by atoms with Crippen molar-refractivity contribution in [1.29, 1.82) is 0 Å². The van der Waals surface area contributed by atoms with Gasteiger partial charge in [0, 0.05) is 12.7 Å². The Labute approximate surface area is 125 Å². The fraction of sp³-hybridized carbons (Fsp3) is 0.200. The summed E-state index contributed by atoms with van der Waals surface area (Å²) in [5.74, 6) is -0.401. The predicted molar refractivity (Wildman–Crippen MR) is 79.0 cm³/mol. The summed E-state index contributed by atoms with van der Waals surface area (Å²) in [5.41, 5.74) is 2.53. The van der Waals surface area contributed by atoms with Crippen molar-refractivity contribution in [3.8, 4) is 0 Å². The summed E-state index contributed by atoms with van der Waals surface area (Å²) >= 11 is 3.21. The highest BCUT2D eigenvalue weighted by atomic mass is 79.9. The van der Waals surface area contributed by atoms with Crippen LogP contribution in [0.1, 0.15) is 27.0 Å². The van der Waals surface area contributed by atoms with E-state index in [0.717, 1.165) is 5.56 Å². The third-order valence-corrected chi connectivity index (χ3v) is 3.41. The van der Waals surface area contributed by atoms with E-state index in [2.05, 4.69) is 26.2 Å². The number of hydrogen-bond acceptors (Lipinski definition) is 2. The molecule has 5 heteroatoms. The molecule has 0 saturated heterocycles. The lowest BCUT2D eigenvalue weighted by Crippen LogP contribution is -2.23. The molecule has 20 heavy (non-hydrogen) atoms. The predicted octanol–water partition coefficient (Wildman–Crippen LogP) is 3.53. The summed E-state index contributed by atoms with van der Waals surface area (Å²) in [6.07, 6.45) is 1.50. The fourth-order valence-corrected chi connectivity index (χ4v) is 2.17. The van der Waals surface area contributed by atoms with Gasteiger partial charge in [0.15, 0.2) is 0 Å². The first-order valence-electron chi connectivity index (χ1n) is 6.13. The van der Waals surface area contributed by atoms with Crippen molar-refractivity contribution in [2.45, 2.75) is 20.4 Å². The van der Waals surface area contributed by atoms with Crippen molar-refractivity contribution in [3.63, 3.8) is 0 Å². The summed E-state index contributed by atoms with van der Waals surface area (Å²) in [7, 11) is 0. The van der Waals surface area contributed by atoms with Gasteiger partial charge in [-0.1, -0.05) is 12.1 Å². The van der Waals surface area contributed by atoms with Crippen molar-refractivity contribution < 1.29 is 9.18 Å². The van der Waals surface area contributed by atoms with Crippen molar-refractivity contribution in [2.24, 2.45) is 0 Å². The molecule has 0 saturated carbocycles. The lowest BCUT2D eigenvalue weighted by Gasteiger charge is -2.08. The van der Waals surface area contributed by atoms with E-state index in [1.807, 2.05) is 0 Å². The Bertz CT molecular complexity index is 618. The number of aryl methyl sites for hydroxylation is 2. The van der Waals surface area contributed by atoms with Gasteiger partial charge < -0.3 is 5.32 Å². The fourth-order valence-electron chi connectivity index (χ4n) is 1.93. The van der Waals surface area contributed by atoms with Gasteiger partial charge in [-0.25, -0.2) is 9.37 Å². The van der Waals surface area contributed by atoms with Gasteiger partial charge in [0.05, 0.1) is 5.56 Å². The molecule has 104 valence electrons. The molecule has 0 aliphatic heterocycles. The average Bonchev–Trinajstić information content (AvgIpc) is 2.42. The lowest BCUT2D eigenvalue weighted by atomic mass is 10.1. The van der Waals surface area contributed by atoms with Crippen LogP contribution in [0.15, 0.2) is 35.1 Å². The lowest BCUT2D eigenvalue weighted by molar-refractivity contribution is 0.0950. The van der Waals surface area contributed by atoms with E-state index in [1.54, 1.807) is 38.1 Å². The summed E-state index contributed by atoms with van der Waals surface area (Å²) in [6.45, 7) is 3.79. The van der Waals surface area contributed by atoms with Crippen LogP contribution in [0, 0.1) is 19.7 Å². The Morgan fingerprint density at radius 2 is 1.95 bits per heavy atom. The number of carbonyl (C=O) groups is 1. The van der Waals surface area contributed by atoms with Crippen LogP contribution in [0.2, 0.25) is 0 Å². The van der Waals surface area contributed by atoms with Crippen LogP contribution in [-0.4, -0.2) is 10.9 Å². The van der Waals surface area contributed by atoms with Crippen LogP contribution < -0.4 is 5.32 Å². The Morgan fingerprint density at radius 1 is 1.30 bits per heavy atom. The number of carbonyl (C=O) groups excluding carboxylic acids is 1. The quantitative estimate of drug-likeness (QED) is 0.871. The molecular formula is C15H14BrFN2O. The zero-order valence-electron chi connectivity index (χ0n) is 11.2. The first-order valence-corrected chi connectivity index (χ1v) is 6.92. The van der Waals surface area contributed by atoms with Gasteiger partial charge in [-0.2, -0.15) is 0 Å². The Hall–Kier alpha value is -1.75. The first-order chi connectivity index (χ1) is 9.47. The number of pyridine rings is 1. The van der Waals surface area contributed by atoms with E-state index >= 15 is 0 Å². The number of rotatable bonds is 3. The van der Waals surface area contributed by atoms with Crippen LogP contribution in [0.25, 0.3) is 0 Å². The molecule has 0 bridgehead atoms. The van der Waals surface area contributed by atoms with Gasteiger partial charge >= 0.3 is 0 Å². The maximum atomic E-state index is 13.5. The van der Waals surface area contributed by atoms with Crippen LogP contribution in [0.4, 0.5) is 4.39 Å². The molecule has 1 amide bonds. The molecule has 1 aromatic heterocycles. The Kier molecular flexibility index (Phi) is 4.49. The summed E-state index contributed by atoms with van der Waals surface area (Å²) in [5, 5.41) is 2.79. The van der Waals surface area contributed by atoms with Gasteiger partial charge in [-0.15, -0.1) is 0 Å². The van der Waals surface area contributed by atoms with Crippen molar-refractivity contribution >= 4 is 21.8 Å². The van der Waals surface area contributed by atoms with Crippen LogP contribution in [0.3, 0.4) is 0 Å². The maximum absolute atomic E-state index is 13.5. The molecule has 1 heterocycles. The molecule has 1 aromatic carbocycles. The van der Waals surface area contributed by atoms with Gasteiger partial charge in [-0.05, 0) is 58.6 Å². The smallest absolute Gasteiger partial charge is 0.253 e. The highest BCUT2D eigenvalue weighted by molar-refractivity contribution is 9.10. The standard InChI is InChI=1S/C15H14BrFN2O/c1-9-5-11(6-10(2)14(9)17)7-19-15(20)12-3-4-13(16)18-8-12/h3-6,8H,7H2,1-2H3,(H,19,20). The second-order valence-corrected chi connectivity index (χ2v) is 5.41. The molecule has 2 aromatic rings. The van der Waals surface area contributed by atoms with E-state index < -0.39 is 0 Å². The third-order valence-electron chi connectivity index (χ3n) is 2.94. The number of amides is 1. The zero-order valence-corrected chi connectivity index (χ0v) is 12.8. The molecule has 0 spiro atoms. The van der Waals surface area contributed by atoms with Gasteiger partial charge in [0.25, 0.3) is 5.91 Å². The number of hydrogen-bond donors (Lipinski definition) is 1. The molecule has 0 radical (unpaired) electrons. The second-order valence-electron chi connectivity index (χ2n) is 4.60. The zero-order chi connectivity index (χ0) is 14.7. The van der Waals surface area contributed by atoms with Gasteiger partial charge in [0.2, 0.25) is 0 Å². The molecule has 0 aliphatic carbocycles. The van der Waals surface area contributed by atoms with E-state index in [9.17, 15) is 9.18 Å². The van der Waals surface area contributed by atoms with Gasteiger partial charge in [-0.3, -0.25) is 4.79 Å². The molecule has 0 aliphatic rings. The second kappa shape index (κ2) is 6.13. The van der Waals surface area contributed by atoms with Crippen molar-refractivity contribution in [2.75, 3.05) is 0 Å². The molecule has 0 unspecified atom stereocenters. The van der Waals surface area contributed by atoms with E-state index in [1.165, 1.54) is 6.20 Å². The molecule has 0 atom stereocenters.